The van der Waals surface area contributed by atoms with Gasteiger partial charge in [0.05, 0.1) is 0 Å². The standard InChI is InChI=1S/C7H15NO2/c1-8(2)6-5-7(9-3)10-4/h5-7H,1-4H3/b6-5+. The highest BCUT2D eigenvalue weighted by Crippen LogP contribution is 1.92. The van der Waals surface area contributed by atoms with Gasteiger partial charge >= 0.3 is 0 Å². The van der Waals surface area contributed by atoms with Crippen LogP contribution in [0, 0.1) is 0 Å². The molecule has 3 heteroatoms. The van der Waals surface area contributed by atoms with Gasteiger partial charge in [0.25, 0.3) is 0 Å². The van der Waals surface area contributed by atoms with Crippen molar-refractivity contribution >= 4 is 0 Å². The third kappa shape index (κ3) is 4.35. The number of methoxy groups -OCH3 is 2. The Morgan fingerprint density at radius 3 is 2.00 bits per heavy atom. The number of nitrogens with zero attached hydrogens (tertiary/aromatic N) is 1. The van der Waals surface area contributed by atoms with Crippen LogP contribution in [0.1, 0.15) is 0 Å². The number of hydrogen-bond acceptors (Lipinski definition) is 3. The van der Waals surface area contributed by atoms with E-state index >= 15 is 0 Å². The van der Waals surface area contributed by atoms with Gasteiger partial charge in [0, 0.05) is 28.3 Å². The predicted molar refractivity (Wildman–Crippen MR) is 40.6 cm³/mol. The molecule has 0 aromatic heterocycles. The second kappa shape index (κ2) is 5.26. The van der Waals surface area contributed by atoms with Crippen molar-refractivity contribution in [3.8, 4) is 0 Å². The van der Waals surface area contributed by atoms with Crippen molar-refractivity contribution < 1.29 is 9.47 Å². The van der Waals surface area contributed by atoms with Gasteiger partial charge in [0.15, 0.2) is 6.29 Å². The Balaban J connectivity index is 3.61. The topological polar surface area (TPSA) is 21.7 Å². The van der Waals surface area contributed by atoms with Gasteiger partial charge in [-0.25, -0.2) is 0 Å². The van der Waals surface area contributed by atoms with Gasteiger partial charge < -0.3 is 14.4 Å². The fourth-order valence-corrected chi connectivity index (χ4v) is 0.496. The molecule has 0 aromatic rings. The normalized spacial score (nSPS) is 11.3. The molecule has 0 radical (unpaired) electrons. The highest BCUT2D eigenvalue weighted by atomic mass is 16.7. The Bertz CT molecular complexity index is 97.8. The van der Waals surface area contributed by atoms with Crippen LogP contribution in [0.25, 0.3) is 0 Å². The van der Waals surface area contributed by atoms with E-state index in [0.29, 0.717) is 0 Å². The van der Waals surface area contributed by atoms with Gasteiger partial charge in [-0.2, -0.15) is 0 Å². The molecular weight excluding hydrogens is 130 g/mol. The summed E-state index contributed by atoms with van der Waals surface area (Å²) in [6.07, 6.45) is 3.49. The van der Waals surface area contributed by atoms with E-state index in [-0.39, 0.29) is 6.29 Å². The maximum absolute atomic E-state index is 4.91. The molecule has 0 saturated heterocycles. The zero-order valence-electron chi connectivity index (χ0n) is 7.00. The van der Waals surface area contributed by atoms with Gasteiger partial charge in [-0.05, 0) is 12.3 Å². The van der Waals surface area contributed by atoms with Crippen LogP contribution in [0.4, 0.5) is 0 Å². The molecule has 60 valence electrons. The first-order valence-corrected chi connectivity index (χ1v) is 3.11. The van der Waals surface area contributed by atoms with Crippen molar-refractivity contribution in [2.45, 2.75) is 6.29 Å². The smallest absolute Gasteiger partial charge is 0.177 e. The minimum atomic E-state index is -0.234. The fraction of sp³-hybridized carbons (Fsp3) is 0.714. The summed E-state index contributed by atoms with van der Waals surface area (Å²) < 4.78 is 9.83. The van der Waals surface area contributed by atoms with Crippen LogP contribution in [0.5, 0.6) is 0 Å². The Kier molecular flexibility index (Phi) is 4.98. The highest BCUT2D eigenvalue weighted by Gasteiger charge is 1.95. The average molecular weight is 145 g/mol. The third-order valence-corrected chi connectivity index (χ3v) is 1.01. The second-order valence-corrected chi connectivity index (χ2v) is 2.14. The summed E-state index contributed by atoms with van der Waals surface area (Å²) in [5.41, 5.74) is 0. The van der Waals surface area contributed by atoms with E-state index in [1.54, 1.807) is 14.2 Å². The summed E-state index contributed by atoms with van der Waals surface area (Å²) >= 11 is 0. The lowest BCUT2D eigenvalue weighted by Crippen LogP contribution is -2.11. The first kappa shape index (κ1) is 9.46. The number of rotatable bonds is 4. The van der Waals surface area contributed by atoms with Crippen LogP contribution >= 0.6 is 0 Å². The van der Waals surface area contributed by atoms with Gasteiger partial charge in [-0.15, -0.1) is 0 Å². The van der Waals surface area contributed by atoms with Crippen LogP contribution in [0.15, 0.2) is 12.3 Å². The minimum absolute atomic E-state index is 0.234. The Morgan fingerprint density at radius 1 is 1.20 bits per heavy atom. The molecule has 0 atom stereocenters. The fourth-order valence-electron chi connectivity index (χ4n) is 0.496. The van der Waals surface area contributed by atoms with Gasteiger partial charge in [-0.1, -0.05) is 0 Å². The number of hydrogen-bond donors (Lipinski definition) is 0. The zero-order valence-corrected chi connectivity index (χ0v) is 7.00. The molecule has 0 aromatic carbocycles. The van der Waals surface area contributed by atoms with Crippen molar-refractivity contribution in [2.24, 2.45) is 0 Å². The summed E-state index contributed by atoms with van der Waals surface area (Å²) in [6, 6.07) is 0. The second-order valence-electron chi connectivity index (χ2n) is 2.14. The zero-order chi connectivity index (χ0) is 7.98. The van der Waals surface area contributed by atoms with Crippen molar-refractivity contribution in [2.75, 3.05) is 28.3 Å². The van der Waals surface area contributed by atoms with Gasteiger partial charge in [-0.3, -0.25) is 0 Å². The van der Waals surface area contributed by atoms with Crippen LogP contribution in [-0.4, -0.2) is 39.5 Å². The van der Waals surface area contributed by atoms with E-state index in [2.05, 4.69) is 0 Å². The van der Waals surface area contributed by atoms with Gasteiger partial charge in [0.2, 0.25) is 0 Å². The molecule has 0 spiro atoms. The summed E-state index contributed by atoms with van der Waals surface area (Å²) in [4.78, 5) is 1.92. The molecule has 3 nitrogen and oxygen atoms in total. The summed E-state index contributed by atoms with van der Waals surface area (Å²) in [5.74, 6) is 0. The maximum atomic E-state index is 4.91. The van der Waals surface area contributed by atoms with E-state index in [1.165, 1.54) is 0 Å². The molecule has 0 heterocycles. The van der Waals surface area contributed by atoms with E-state index in [9.17, 15) is 0 Å². The average Bonchev–Trinajstić information content (AvgIpc) is 1.90. The molecule has 10 heavy (non-hydrogen) atoms. The van der Waals surface area contributed by atoms with Crippen molar-refractivity contribution in [1.82, 2.24) is 4.90 Å². The first-order chi connectivity index (χ1) is 4.70. The molecule has 0 aliphatic carbocycles. The summed E-state index contributed by atoms with van der Waals surface area (Å²) in [5, 5.41) is 0. The molecule has 0 aliphatic heterocycles. The number of ether oxygens (including phenoxy) is 2. The molecule has 0 aliphatic rings. The SMILES string of the molecule is COC(/C=C/N(C)C)OC. The lowest BCUT2D eigenvalue weighted by atomic mass is 10.5. The highest BCUT2D eigenvalue weighted by molar-refractivity contribution is 4.82. The molecule has 0 bridgehead atoms. The largest absolute Gasteiger partial charge is 0.384 e. The predicted octanol–water partition coefficient (Wildman–Crippen LogP) is 0.681. The lowest BCUT2D eigenvalue weighted by Gasteiger charge is -2.09. The van der Waals surface area contributed by atoms with Crippen molar-refractivity contribution in [3.63, 3.8) is 0 Å². The lowest BCUT2D eigenvalue weighted by molar-refractivity contribution is -0.0671. The van der Waals surface area contributed by atoms with Crippen LogP contribution < -0.4 is 0 Å². The minimum Gasteiger partial charge on any atom is -0.384 e. The molecule has 0 N–H and O–H groups in total. The third-order valence-electron chi connectivity index (χ3n) is 1.01. The molecule has 0 unspecified atom stereocenters. The van der Waals surface area contributed by atoms with Crippen molar-refractivity contribution in [3.05, 3.63) is 12.3 Å². The first-order valence-electron chi connectivity index (χ1n) is 3.11. The van der Waals surface area contributed by atoms with E-state index in [1.807, 2.05) is 31.3 Å². The molecule has 0 amide bonds. The van der Waals surface area contributed by atoms with E-state index < -0.39 is 0 Å². The summed E-state index contributed by atoms with van der Waals surface area (Å²) in [6.45, 7) is 0. The van der Waals surface area contributed by atoms with Crippen LogP contribution in [-0.2, 0) is 9.47 Å². The Morgan fingerprint density at radius 2 is 1.70 bits per heavy atom. The monoisotopic (exact) mass is 145 g/mol. The summed E-state index contributed by atoms with van der Waals surface area (Å²) in [7, 11) is 7.10. The van der Waals surface area contributed by atoms with Gasteiger partial charge in [0.1, 0.15) is 0 Å². The van der Waals surface area contributed by atoms with Crippen LogP contribution in [0.3, 0.4) is 0 Å². The van der Waals surface area contributed by atoms with E-state index in [4.69, 9.17) is 9.47 Å². The Hall–Kier alpha value is -0.540. The molecular formula is C7H15NO2. The molecule has 0 fully saturated rings. The Labute approximate surface area is 62.2 Å². The quantitative estimate of drug-likeness (QED) is 0.543. The van der Waals surface area contributed by atoms with E-state index in [0.717, 1.165) is 0 Å². The maximum Gasteiger partial charge on any atom is 0.177 e. The van der Waals surface area contributed by atoms with Crippen LogP contribution in [0.2, 0.25) is 0 Å². The van der Waals surface area contributed by atoms with Crippen molar-refractivity contribution in [1.29, 1.82) is 0 Å². The molecule has 0 saturated carbocycles. The molecule has 0 rings (SSSR count).